The highest BCUT2D eigenvalue weighted by Crippen LogP contribution is 2.21. The van der Waals surface area contributed by atoms with E-state index >= 15 is 0 Å². The fourth-order valence-electron chi connectivity index (χ4n) is 2.88. The van der Waals surface area contributed by atoms with Crippen LogP contribution in [0.4, 0.5) is 0 Å². The van der Waals surface area contributed by atoms with E-state index < -0.39 is 0 Å². The Morgan fingerprint density at radius 1 is 1.29 bits per heavy atom. The van der Waals surface area contributed by atoms with Gasteiger partial charge in [0, 0.05) is 43.3 Å². The molecule has 3 rings (SSSR count). The van der Waals surface area contributed by atoms with Crippen LogP contribution in [-0.4, -0.2) is 69.8 Å². The number of aliphatic hydroxyl groups is 1. The molecule has 1 aromatic heterocycles. The molecule has 0 aliphatic carbocycles. The van der Waals surface area contributed by atoms with E-state index in [9.17, 15) is 9.90 Å². The van der Waals surface area contributed by atoms with E-state index in [-0.39, 0.29) is 12.0 Å². The van der Waals surface area contributed by atoms with Crippen LogP contribution >= 0.6 is 11.6 Å². The molecule has 1 fully saturated rings. The molecule has 128 valence electrons. The van der Waals surface area contributed by atoms with E-state index in [1.807, 2.05) is 17.0 Å². The maximum Gasteiger partial charge on any atom is 0.271 e. The Labute approximate surface area is 146 Å². The fourth-order valence-corrected chi connectivity index (χ4v) is 3.00. The monoisotopic (exact) mass is 348 g/mol. The third kappa shape index (κ3) is 3.95. The van der Waals surface area contributed by atoms with Crippen LogP contribution in [0, 0.1) is 0 Å². The Balaban J connectivity index is 1.63. The molecule has 0 bridgehead atoms. The van der Waals surface area contributed by atoms with Gasteiger partial charge in [-0.15, -0.1) is 0 Å². The van der Waals surface area contributed by atoms with E-state index in [1.165, 1.54) is 0 Å². The summed E-state index contributed by atoms with van der Waals surface area (Å²) < 4.78 is 0. The maximum atomic E-state index is 12.6. The van der Waals surface area contributed by atoms with Gasteiger partial charge in [0.1, 0.15) is 5.69 Å². The van der Waals surface area contributed by atoms with Crippen LogP contribution in [0.3, 0.4) is 0 Å². The molecule has 0 radical (unpaired) electrons. The molecule has 1 aromatic carbocycles. The number of amides is 1. The van der Waals surface area contributed by atoms with Crippen molar-refractivity contribution in [3.63, 3.8) is 0 Å². The van der Waals surface area contributed by atoms with Gasteiger partial charge in [-0.2, -0.15) is 5.10 Å². The molecule has 6 nitrogen and oxygen atoms in total. The van der Waals surface area contributed by atoms with Crippen LogP contribution in [0.15, 0.2) is 30.3 Å². The van der Waals surface area contributed by atoms with Gasteiger partial charge in [0.05, 0.1) is 11.8 Å². The van der Waals surface area contributed by atoms with Gasteiger partial charge in [-0.1, -0.05) is 23.7 Å². The summed E-state index contributed by atoms with van der Waals surface area (Å²) in [6.45, 7) is 5.28. The average Bonchev–Trinajstić information content (AvgIpc) is 3.05. The lowest BCUT2D eigenvalue weighted by Crippen LogP contribution is -2.50. The van der Waals surface area contributed by atoms with Crippen molar-refractivity contribution < 1.29 is 9.90 Å². The number of hydrogen-bond donors (Lipinski definition) is 2. The predicted octanol–water partition coefficient (Wildman–Crippen LogP) is 1.87. The summed E-state index contributed by atoms with van der Waals surface area (Å²) >= 11 is 5.89. The highest BCUT2D eigenvalue weighted by molar-refractivity contribution is 6.30. The molecular weight excluding hydrogens is 328 g/mol. The summed E-state index contributed by atoms with van der Waals surface area (Å²) in [6.07, 6.45) is -0.346. The van der Waals surface area contributed by atoms with E-state index in [4.69, 9.17) is 11.6 Å². The molecule has 0 spiro atoms. The number of β-amino-alcohol motifs (C(OH)–C–C–N with tert-alkyl or cyclic N) is 1. The minimum absolute atomic E-state index is 0.0422. The SMILES string of the molecule is C[C@H](O)CN1CCN(C(=O)c2cc(-c3ccc(Cl)cc3)n[nH]2)CC1. The number of carbonyl (C=O) groups excluding carboxylic acids is 1. The minimum Gasteiger partial charge on any atom is -0.392 e. The number of aromatic amines is 1. The van der Waals surface area contributed by atoms with Crippen LogP contribution < -0.4 is 0 Å². The number of H-pyrrole nitrogens is 1. The Morgan fingerprint density at radius 3 is 2.58 bits per heavy atom. The zero-order valence-electron chi connectivity index (χ0n) is 13.6. The van der Waals surface area contributed by atoms with Crippen LogP contribution in [0.2, 0.25) is 5.02 Å². The molecule has 2 aromatic rings. The smallest absolute Gasteiger partial charge is 0.271 e. The third-order valence-corrected chi connectivity index (χ3v) is 4.38. The first kappa shape index (κ1) is 17.0. The number of aliphatic hydroxyl groups excluding tert-OH is 1. The largest absolute Gasteiger partial charge is 0.392 e. The first-order valence-electron chi connectivity index (χ1n) is 8.04. The van der Waals surface area contributed by atoms with Gasteiger partial charge < -0.3 is 10.0 Å². The van der Waals surface area contributed by atoms with Crippen LogP contribution in [0.25, 0.3) is 11.3 Å². The van der Waals surface area contributed by atoms with Gasteiger partial charge in [0.2, 0.25) is 0 Å². The number of carbonyl (C=O) groups is 1. The third-order valence-electron chi connectivity index (χ3n) is 4.13. The number of halogens is 1. The second kappa shape index (κ2) is 7.34. The summed E-state index contributed by atoms with van der Waals surface area (Å²) in [7, 11) is 0. The van der Waals surface area contributed by atoms with Crippen LogP contribution in [0.5, 0.6) is 0 Å². The molecule has 7 heteroatoms. The van der Waals surface area contributed by atoms with Gasteiger partial charge in [-0.25, -0.2) is 0 Å². The molecule has 1 aliphatic rings. The number of nitrogens with zero attached hydrogens (tertiary/aromatic N) is 3. The summed E-state index contributed by atoms with van der Waals surface area (Å²) in [5.41, 5.74) is 2.13. The van der Waals surface area contributed by atoms with Gasteiger partial charge in [-0.05, 0) is 25.1 Å². The highest BCUT2D eigenvalue weighted by Gasteiger charge is 2.24. The number of benzene rings is 1. The first-order valence-corrected chi connectivity index (χ1v) is 8.42. The topological polar surface area (TPSA) is 72.5 Å². The Hall–Kier alpha value is -1.89. The van der Waals surface area contributed by atoms with E-state index in [0.29, 0.717) is 30.4 Å². The van der Waals surface area contributed by atoms with Crippen molar-refractivity contribution in [3.05, 3.63) is 41.0 Å². The van der Waals surface area contributed by atoms with Gasteiger partial charge >= 0.3 is 0 Å². The van der Waals surface area contributed by atoms with Crippen molar-refractivity contribution in [2.75, 3.05) is 32.7 Å². The Morgan fingerprint density at radius 2 is 1.96 bits per heavy atom. The van der Waals surface area contributed by atoms with Crippen LogP contribution in [0.1, 0.15) is 17.4 Å². The van der Waals surface area contributed by atoms with E-state index in [1.54, 1.807) is 25.1 Å². The maximum absolute atomic E-state index is 12.6. The molecule has 1 aliphatic heterocycles. The molecular formula is C17H21ClN4O2. The molecule has 24 heavy (non-hydrogen) atoms. The summed E-state index contributed by atoms with van der Waals surface area (Å²) in [5.74, 6) is -0.0422. The van der Waals surface area contributed by atoms with Crippen molar-refractivity contribution >= 4 is 17.5 Å². The number of aromatic nitrogens is 2. The van der Waals surface area contributed by atoms with E-state index in [2.05, 4.69) is 15.1 Å². The lowest BCUT2D eigenvalue weighted by molar-refractivity contribution is 0.0549. The quantitative estimate of drug-likeness (QED) is 0.884. The molecule has 2 heterocycles. The normalized spacial score (nSPS) is 17.0. The molecule has 1 atom stereocenters. The second-order valence-corrected chi connectivity index (χ2v) is 6.55. The number of hydrogen-bond acceptors (Lipinski definition) is 4. The van der Waals surface area contributed by atoms with Crippen molar-refractivity contribution in [1.29, 1.82) is 0 Å². The molecule has 1 saturated heterocycles. The van der Waals surface area contributed by atoms with Gasteiger partial charge in [0.15, 0.2) is 0 Å². The van der Waals surface area contributed by atoms with Gasteiger partial charge in [0.25, 0.3) is 5.91 Å². The molecule has 2 N–H and O–H groups in total. The van der Waals surface area contributed by atoms with Crippen LogP contribution in [-0.2, 0) is 0 Å². The highest BCUT2D eigenvalue weighted by atomic mass is 35.5. The van der Waals surface area contributed by atoms with Crippen molar-refractivity contribution in [1.82, 2.24) is 20.0 Å². The predicted molar refractivity (Wildman–Crippen MR) is 93.1 cm³/mol. The van der Waals surface area contributed by atoms with Gasteiger partial charge in [-0.3, -0.25) is 14.8 Å². The van der Waals surface area contributed by atoms with Crippen molar-refractivity contribution in [3.8, 4) is 11.3 Å². The number of piperazine rings is 1. The zero-order chi connectivity index (χ0) is 17.1. The molecule has 1 amide bonds. The van der Waals surface area contributed by atoms with Crippen molar-refractivity contribution in [2.24, 2.45) is 0 Å². The number of rotatable bonds is 4. The molecule has 0 saturated carbocycles. The minimum atomic E-state index is -0.346. The Bertz CT molecular complexity index is 691. The summed E-state index contributed by atoms with van der Waals surface area (Å²) in [6, 6.07) is 9.12. The lowest BCUT2D eigenvalue weighted by Gasteiger charge is -2.34. The lowest BCUT2D eigenvalue weighted by atomic mass is 10.1. The number of nitrogens with one attached hydrogen (secondary N) is 1. The molecule has 0 unspecified atom stereocenters. The second-order valence-electron chi connectivity index (χ2n) is 6.12. The average molecular weight is 349 g/mol. The van der Waals surface area contributed by atoms with E-state index in [0.717, 1.165) is 24.3 Å². The standard InChI is InChI=1S/C17H21ClN4O2/c1-12(23)11-21-6-8-22(9-7-21)17(24)16-10-15(19-20-16)13-2-4-14(18)5-3-13/h2-5,10,12,23H,6-9,11H2,1H3,(H,19,20)/t12-/m0/s1. The summed E-state index contributed by atoms with van der Waals surface area (Å²) in [4.78, 5) is 16.6. The first-order chi connectivity index (χ1) is 11.5. The zero-order valence-corrected chi connectivity index (χ0v) is 14.3. The fraction of sp³-hybridized carbons (Fsp3) is 0.412. The van der Waals surface area contributed by atoms with Crippen molar-refractivity contribution in [2.45, 2.75) is 13.0 Å². The Kier molecular flexibility index (Phi) is 5.18. The summed E-state index contributed by atoms with van der Waals surface area (Å²) in [5, 5.41) is 17.2.